The third-order valence-electron chi connectivity index (χ3n) is 5.63. The number of aromatic nitrogens is 1. The first-order valence-electron chi connectivity index (χ1n) is 11.9. The summed E-state index contributed by atoms with van der Waals surface area (Å²) in [6.45, 7) is 1.32. The van der Waals surface area contributed by atoms with Gasteiger partial charge in [-0.25, -0.2) is 9.78 Å². The Morgan fingerprint density at radius 1 is 0.976 bits per heavy atom. The van der Waals surface area contributed by atoms with E-state index in [-0.39, 0.29) is 12.2 Å². The average molecular weight is 614 g/mol. The van der Waals surface area contributed by atoms with Gasteiger partial charge in [0, 0.05) is 27.5 Å². The predicted molar refractivity (Wildman–Crippen MR) is 142 cm³/mol. The van der Waals surface area contributed by atoms with E-state index in [9.17, 15) is 31.1 Å². The van der Waals surface area contributed by atoms with Gasteiger partial charge in [-0.1, -0.05) is 24.3 Å². The molecule has 4 rings (SSSR count). The molecular formula is C28H21F6NO4S2. The fourth-order valence-electron chi connectivity index (χ4n) is 3.72. The Balaban J connectivity index is 1.57. The molecule has 4 aromatic rings. The Bertz CT molecular complexity index is 1500. The van der Waals surface area contributed by atoms with Crippen molar-refractivity contribution < 1.29 is 45.7 Å². The van der Waals surface area contributed by atoms with Crippen molar-refractivity contribution in [3.63, 3.8) is 0 Å². The van der Waals surface area contributed by atoms with Gasteiger partial charge in [-0.2, -0.15) is 13.2 Å². The van der Waals surface area contributed by atoms with Gasteiger partial charge in [-0.15, -0.1) is 36.3 Å². The number of rotatable bonds is 10. The van der Waals surface area contributed by atoms with Crippen LogP contribution in [0, 0.1) is 6.92 Å². The van der Waals surface area contributed by atoms with E-state index in [0.717, 1.165) is 27.5 Å². The first kappa shape index (κ1) is 30.3. The standard InChI is InChI=1S/C28H21F6NO4S2/c1-16-12-21(10-11-23(16)38-14-25(36)37)40-15-24-22(13-17-2-8-20(9-3-17)39-28(32,33)34)35-26(41-24)18-4-6-19(7-5-18)27(29,30)31/h2-12H,13-15H2,1H3,(H,36,37). The molecule has 5 nitrogen and oxygen atoms in total. The maximum Gasteiger partial charge on any atom is 0.573 e. The van der Waals surface area contributed by atoms with Crippen LogP contribution in [0.5, 0.6) is 11.5 Å². The van der Waals surface area contributed by atoms with Gasteiger partial charge in [0.25, 0.3) is 0 Å². The summed E-state index contributed by atoms with van der Waals surface area (Å²) in [7, 11) is 0. The lowest BCUT2D eigenvalue weighted by Crippen LogP contribution is -2.17. The first-order chi connectivity index (χ1) is 19.3. The zero-order valence-electron chi connectivity index (χ0n) is 21.2. The predicted octanol–water partition coefficient (Wildman–Crippen LogP) is 8.38. The van der Waals surface area contributed by atoms with Gasteiger partial charge in [0.15, 0.2) is 6.61 Å². The molecule has 0 unspecified atom stereocenters. The molecule has 0 atom stereocenters. The molecule has 1 N–H and O–H groups in total. The largest absolute Gasteiger partial charge is 0.573 e. The van der Waals surface area contributed by atoms with E-state index in [0.29, 0.717) is 33.3 Å². The van der Waals surface area contributed by atoms with Crippen molar-refractivity contribution in [2.75, 3.05) is 6.61 Å². The van der Waals surface area contributed by atoms with Gasteiger partial charge in [-0.3, -0.25) is 0 Å². The summed E-state index contributed by atoms with van der Waals surface area (Å²) < 4.78 is 85.8. The molecule has 0 saturated heterocycles. The monoisotopic (exact) mass is 613 g/mol. The average Bonchev–Trinajstić information content (AvgIpc) is 3.29. The van der Waals surface area contributed by atoms with Crippen LogP contribution in [0.15, 0.2) is 71.6 Å². The van der Waals surface area contributed by atoms with E-state index >= 15 is 0 Å². The topological polar surface area (TPSA) is 68.7 Å². The molecule has 1 aromatic heterocycles. The second-order valence-corrected chi connectivity index (χ2v) is 10.9. The van der Waals surface area contributed by atoms with Gasteiger partial charge >= 0.3 is 18.5 Å². The van der Waals surface area contributed by atoms with Crippen LogP contribution in [0.25, 0.3) is 10.6 Å². The summed E-state index contributed by atoms with van der Waals surface area (Å²) in [6.07, 6.45) is -9.00. The number of thiazole rings is 1. The number of carboxylic acid groups (broad SMARTS) is 1. The van der Waals surface area contributed by atoms with Crippen LogP contribution in [0.1, 0.15) is 27.3 Å². The Labute approximate surface area is 238 Å². The van der Waals surface area contributed by atoms with E-state index < -0.39 is 30.7 Å². The molecule has 0 saturated carbocycles. The molecule has 3 aromatic carbocycles. The minimum Gasteiger partial charge on any atom is -0.482 e. The number of benzene rings is 3. The van der Waals surface area contributed by atoms with E-state index in [2.05, 4.69) is 9.72 Å². The van der Waals surface area contributed by atoms with E-state index in [1.54, 1.807) is 19.1 Å². The Morgan fingerprint density at radius 3 is 2.24 bits per heavy atom. The maximum absolute atomic E-state index is 13.0. The number of nitrogens with zero attached hydrogens (tertiary/aromatic N) is 1. The van der Waals surface area contributed by atoms with Crippen molar-refractivity contribution in [2.24, 2.45) is 0 Å². The highest BCUT2D eigenvalue weighted by molar-refractivity contribution is 7.98. The zero-order chi connectivity index (χ0) is 29.8. The third-order valence-corrected chi connectivity index (χ3v) is 7.98. The van der Waals surface area contributed by atoms with E-state index in [1.165, 1.54) is 59.5 Å². The van der Waals surface area contributed by atoms with Gasteiger partial charge in [-0.05, 0) is 60.5 Å². The molecule has 41 heavy (non-hydrogen) atoms. The van der Waals surface area contributed by atoms with Crippen LogP contribution in [-0.4, -0.2) is 29.0 Å². The number of aryl methyl sites for hydroxylation is 1. The second-order valence-electron chi connectivity index (χ2n) is 8.73. The summed E-state index contributed by atoms with van der Waals surface area (Å²) in [5, 5.41) is 9.33. The minimum atomic E-state index is -4.81. The first-order valence-corrected chi connectivity index (χ1v) is 13.7. The number of hydrogen-bond donors (Lipinski definition) is 1. The van der Waals surface area contributed by atoms with Crippen molar-refractivity contribution >= 4 is 29.1 Å². The fraction of sp³-hybridized carbons (Fsp3) is 0.214. The van der Waals surface area contributed by atoms with Crippen LogP contribution in [0.4, 0.5) is 26.3 Å². The highest BCUT2D eigenvalue weighted by Gasteiger charge is 2.31. The number of carboxylic acids is 1. The SMILES string of the molecule is Cc1cc(SCc2sc(-c3ccc(C(F)(F)F)cc3)nc2Cc2ccc(OC(F)(F)F)cc2)ccc1OCC(=O)O. The molecule has 13 heteroatoms. The summed E-state index contributed by atoms with van der Waals surface area (Å²) in [5.74, 6) is -0.547. The lowest BCUT2D eigenvalue weighted by molar-refractivity contribution is -0.274. The highest BCUT2D eigenvalue weighted by Crippen LogP contribution is 2.37. The van der Waals surface area contributed by atoms with E-state index in [4.69, 9.17) is 9.84 Å². The molecule has 0 fully saturated rings. The fourth-order valence-corrected chi connectivity index (χ4v) is 5.90. The second kappa shape index (κ2) is 12.4. The Morgan fingerprint density at radius 2 is 1.66 bits per heavy atom. The van der Waals surface area contributed by atoms with Gasteiger partial charge in [0.2, 0.25) is 0 Å². The summed E-state index contributed by atoms with van der Waals surface area (Å²) >= 11 is 2.79. The lowest BCUT2D eigenvalue weighted by Gasteiger charge is -2.10. The number of hydrogen-bond acceptors (Lipinski definition) is 6. The van der Waals surface area contributed by atoms with Gasteiger partial charge < -0.3 is 14.6 Å². The highest BCUT2D eigenvalue weighted by atomic mass is 32.2. The van der Waals surface area contributed by atoms with Crippen LogP contribution in [0.2, 0.25) is 0 Å². The molecule has 1 heterocycles. The molecule has 0 aliphatic carbocycles. The smallest absolute Gasteiger partial charge is 0.482 e. The third kappa shape index (κ3) is 8.64. The van der Waals surface area contributed by atoms with Crippen molar-refractivity contribution in [3.05, 3.63) is 94.0 Å². The molecule has 0 amide bonds. The number of thioether (sulfide) groups is 1. The van der Waals surface area contributed by atoms with Crippen molar-refractivity contribution in [2.45, 2.75) is 36.5 Å². The number of halogens is 6. The molecule has 0 radical (unpaired) electrons. The van der Waals surface area contributed by atoms with Gasteiger partial charge in [0.1, 0.15) is 16.5 Å². The van der Waals surface area contributed by atoms with Crippen LogP contribution in [0.3, 0.4) is 0 Å². The molecule has 0 aliphatic heterocycles. The summed E-state index contributed by atoms with van der Waals surface area (Å²) in [6, 6.07) is 15.4. The van der Waals surface area contributed by atoms with Gasteiger partial charge in [0.05, 0.1) is 11.3 Å². The molecule has 216 valence electrons. The maximum atomic E-state index is 13.0. The van der Waals surface area contributed by atoms with Crippen LogP contribution < -0.4 is 9.47 Å². The minimum absolute atomic E-state index is 0.278. The Kier molecular flexibility index (Phi) is 9.17. The number of ether oxygens (including phenoxy) is 2. The normalized spacial score (nSPS) is 11.9. The molecular weight excluding hydrogens is 592 g/mol. The van der Waals surface area contributed by atoms with Crippen LogP contribution >= 0.6 is 23.1 Å². The van der Waals surface area contributed by atoms with E-state index in [1.807, 2.05) is 6.07 Å². The summed E-state index contributed by atoms with van der Waals surface area (Å²) in [5.41, 5.74) is 1.78. The number of aliphatic carboxylic acids is 1. The van der Waals surface area contributed by atoms with Crippen molar-refractivity contribution in [1.82, 2.24) is 4.98 Å². The van der Waals surface area contributed by atoms with Crippen molar-refractivity contribution in [1.29, 1.82) is 0 Å². The molecule has 0 aliphatic rings. The van der Waals surface area contributed by atoms with Crippen LogP contribution in [-0.2, 0) is 23.1 Å². The zero-order valence-corrected chi connectivity index (χ0v) is 22.8. The Hall–Kier alpha value is -3.71. The number of alkyl halides is 6. The number of carbonyl (C=O) groups is 1. The summed E-state index contributed by atoms with van der Waals surface area (Å²) in [4.78, 5) is 17.2. The van der Waals surface area contributed by atoms with Crippen molar-refractivity contribution in [3.8, 4) is 22.1 Å². The molecule has 0 bridgehead atoms. The molecule has 0 spiro atoms. The quantitative estimate of drug-likeness (QED) is 0.143. The lowest BCUT2D eigenvalue weighted by atomic mass is 10.1.